The van der Waals surface area contributed by atoms with E-state index >= 15 is 8.78 Å². The van der Waals surface area contributed by atoms with Crippen molar-refractivity contribution in [1.29, 1.82) is 0 Å². The summed E-state index contributed by atoms with van der Waals surface area (Å²) in [7, 11) is 0. The number of alkyl halides is 1. The van der Waals surface area contributed by atoms with Gasteiger partial charge >= 0.3 is 12.1 Å². The lowest BCUT2D eigenvalue weighted by Crippen LogP contribution is -2.52. The average Bonchev–Trinajstić information content (AvgIpc) is 3.81. The summed E-state index contributed by atoms with van der Waals surface area (Å²) in [6.45, 7) is 6.34. The van der Waals surface area contributed by atoms with Crippen LogP contribution in [0.3, 0.4) is 0 Å². The Bertz CT molecular complexity index is 1710. The van der Waals surface area contributed by atoms with E-state index in [1.165, 1.54) is 0 Å². The van der Waals surface area contributed by atoms with Crippen molar-refractivity contribution < 1.29 is 37.0 Å². The molecule has 2 saturated heterocycles. The van der Waals surface area contributed by atoms with Gasteiger partial charge in [-0.2, -0.15) is 0 Å². The molecule has 56 heavy (non-hydrogen) atoms. The van der Waals surface area contributed by atoms with Gasteiger partial charge in [0.05, 0.1) is 17.8 Å². The van der Waals surface area contributed by atoms with Gasteiger partial charge in [-0.05, 0) is 62.3 Å². The Morgan fingerprint density at radius 1 is 1.02 bits per heavy atom. The second-order valence-electron chi connectivity index (χ2n) is 14.7. The van der Waals surface area contributed by atoms with Crippen LogP contribution in [0.15, 0.2) is 54.7 Å². The molecule has 4 unspecified atom stereocenters. The number of aromatic nitrogens is 2. The van der Waals surface area contributed by atoms with E-state index < -0.39 is 47.9 Å². The lowest BCUT2D eigenvalue weighted by molar-refractivity contribution is -0.120. The molecule has 0 radical (unpaired) electrons. The van der Waals surface area contributed by atoms with Gasteiger partial charge in [0.15, 0.2) is 0 Å². The Kier molecular flexibility index (Phi) is 16.4. The maximum absolute atomic E-state index is 15.3. The highest BCUT2D eigenvalue weighted by Gasteiger charge is 2.40. The Hall–Kier alpha value is -4.63. The Morgan fingerprint density at radius 3 is 2.45 bits per heavy atom. The van der Waals surface area contributed by atoms with Gasteiger partial charge in [-0.15, -0.1) is 0 Å². The smallest absolute Gasteiger partial charge is 0.407 e. The van der Waals surface area contributed by atoms with E-state index in [0.717, 1.165) is 49.4 Å². The van der Waals surface area contributed by atoms with Gasteiger partial charge in [0.25, 0.3) is 0 Å². The predicted octanol–water partition coefficient (Wildman–Crippen LogP) is 6.11. The normalized spacial score (nSPS) is 18.2. The molecule has 3 aromatic rings. The fourth-order valence-electron chi connectivity index (χ4n) is 7.22. The highest BCUT2D eigenvalue weighted by Crippen LogP contribution is 2.38. The molecule has 1 aromatic heterocycles. The number of nitrogens with zero attached hydrogens (tertiary/aromatic N) is 3. The number of unbranched alkanes of at least 4 members (excludes halogenated alkanes) is 3. The number of hydrogen-bond donors (Lipinski definition) is 4. The highest BCUT2D eigenvalue weighted by molar-refractivity contribution is 5.76. The average molecular weight is 784 g/mol. The number of urea groups is 1. The first-order chi connectivity index (χ1) is 27.1. The molecule has 2 aliphatic heterocycles. The molecule has 306 valence electrons. The SMILES string of the molecule is CCC(=O)NCCCCCCNC(=O)OCC(C)NC(=O)N(CC1CNCC1F)C(c1nc(-c2cc(F)ccc2F)cn1Cc1ccccc1)C1CCOCC1. The van der Waals surface area contributed by atoms with Crippen molar-refractivity contribution in [2.45, 2.75) is 83.6 Å². The molecule has 4 atom stereocenters. The number of hydrogen-bond acceptors (Lipinski definition) is 7. The van der Waals surface area contributed by atoms with Crippen molar-refractivity contribution in [1.82, 2.24) is 35.7 Å². The van der Waals surface area contributed by atoms with Crippen molar-refractivity contribution in [3.63, 3.8) is 0 Å². The van der Waals surface area contributed by atoms with Crippen LogP contribution in [0.1, 0.15) is 76.2 Å². The summed E-state index contributed by atoms with van der Waals surface area (Å²) in [5, 5.41) is 11.7. The quantitative estimate of drug-likeness (QED) is 0.108. The molecule has 15 heteroatoms. The van der Waals surface area contributed by atoms with Crippen molar-refractivity contribution in [3.8, 4) is 11.3 Å². The van der Waals surface area contributed by atoms with Crippen LogP contribution in [0.25, 0.3) is 11.3 Å². The second-order valence-corrected chi connectivity index (χ2v) is 14.7. The van der Waals surface area contributed by atoms with Gasteiger partial charge in [0.2, 0.25) is 5.91 Å². The lowest BCUT2D eigenvalue weighted by atomic mass is 9.89. The molecule has 0 aliphatic carbocycles. The summed E-state index contributed by atoms with van der Waals surface area (Å²) < 4.78 is 58.0. The number of benzene rings is 2. The number of rotatable bonds is 19. The van der Waals surface area contributed by atoms with Gasteiger partial charge in [-0.3, -0.25) is 4.79 Å². The van der Waals surface area contributed by atoms with Crippen molar-refractivity contribution in [2.75, 3.05) is 52.5 Å². The fraction of sp³-hybridized carbons (Fsp3) is 0.561. The monoisotopic (exact) mass is 783 g/mol. The zero-order valence-corrected chi connectivity index (χ0v) is 32.4. The van der Waals surface area contributed by atoms with Gasteiger partial charge in [0.1, 0.15) is 30.2 Å². The second kappa shape index (κ2) is 21.6. The van der Waals surface area contributed by atoms with E-state index in [4.69, 9.17) is 14.5 Å². The van der Waals surface area contributed by atoms with Crippen molar-refractivity contribution >= 4 is 18.0 Å². The van der Waals surface area contributed by atoms with Gasteiger partial charge in [0, 0.05) is 76.6 Å². The maximum atomic E-state index is 15.3. The van der Waals surface area contributed by atoms with Gasteiger partial charge < -0.3 is 40.2 Å². The number of imidazole rings is 1. The Balaban J connectivity index is 1.34. The number of ether oxygens (including phenoxy) is 2. The lowest BCUT2D eigenvalue weighted by Gasteiger charge is -2.40. The van der Waals surface area contributed by atoms with Crippen LogP contribution in [0.5, 0.6) is 0 Å². The minimum Gasteiger partial charge on any atom is -0.447 e. The third kappa shape index (κ3) is 12.4. The molecule has 0 spiro atoms. The molecule has 5 rings (SSSR count). The minimum atomic E-state index is -1.19. The summed E-state index contributed by atoms with van der Waals surface area (Å²) in [6, 6.07) is 11.1. The number of carbonyl (C=O) groups excluding carboxylic acids is 3. The van der Waals surface area contributed by atoms with E-state index in [2.05, 4.69) is 21.3 Å². The Labute approximate surface area is 327 Å². The predicted molar refractivity (Wildman–Crippen MR) is 206 cm³/mol. The standard InChI is InChI=1S/C41H56F3N7O5/c1-3-37(52)46-17-9-4-5-10-18-47-41(54)56-27-28(2)48-40(53)51(25-31-22-45-23-35(31)44)38(30-15-19-55-20-16-30)39-49-36(33-21-32(42)13-14-34(33)43)26-50(39)24-29-11-7-6-8-12-29/h6-8,11-14,21,26,28,30-31,35,38,45H,3-5,9-10,15-20,22-25,27H2,1-2H3,(H,46,52)(H,47,54)(H,48,53). The minimum absolute atomic E-state index is 0.00921. The summed E-state index contributed by atoms with van der Waals surface area (Å²) in [6.07, 6.45) is 4.96. The van der Waals surface area contributed by atoms with Crippen LogP contribution < -0.4 is 21.3 Å². The summed E-state index contributed by atoms with van der Waals surface area (Å²) in [5.41, 5.74) is 1.14. The van der Waals surface area contributed by atoms with Crippen molar-refractivity contribution in [2.24, 2.45) is 11.8 Å². The third-order valence-electron chi connectivity index (χ3n) is 10.3. The Morgan fingerprint density at radius 2 is 1.75 bits per heavy atom. The van der Waals surface area contributed by atoms with Crippen LogP contribution >= 0.6 is 0 Å². The number of amides is 4. The van der Waals surface area contributed by atoms with Crippen LogP contribution in [-0.4, -0.2) is 97.2 Å². The van der Waals surface area contributed by atoms with Crippen LogP contribution in [0.2, 0.25) is 0 Å². The molecule has 4 N–H and O–H groups in total. The third-order valence-corrected chi connectivity index (χ3v) is 10.3. The molecular weight excluding hydrogens is 727 g/mol. The molecule has 4 amide bonds. The molecule has 0 bridgehead atoms. The zero-order valence-electron chi connectivity index (χ0n) is 32.4. The number of halogens is 3. The van der Waals surface area contributed by atoms with Gasteiger partial charge in [-0.1, -0.05) is 50.1 Å². The first-order valence-electron chi connectivity index (χ1n) is 19.9. The number of nitrogens with one attached hydrogen (secondary N) is 4. The fourth-order valence-corrected chi connectivity index (χ4v) is 7.22. The molecule has 2 fully saturated rings. The van der Waals surface area contributed by atoms with E-state index in [9.17, 15) is 18.8 Å². The van der Waals surface area contributed by atoms with E-state index in [1.807, 2.05) is 41.8 Å². The maximum Gasteiger partial charge on any atom is 0.407 e. The molecule has 0 saturated carbocycles. The molecule has 3 heterocycles. The molecule has 2 aromatic carbocycles. The van der Waals surface area contributed by atoms with Gasteiger partial charge in [-0.25, -0.2) is 27.7 Å². The number of carbonyl (C=O) groups is 3. The first-order valence-corrected chi connectivity index (χ1v) is 19.9. The largest absolute Gasteiger partial charge is 0.447 e. The summed E-state index contributed by atoms with van der Waals surface area (Å²) >= 11 is 0. The highest BCUT2D eigenvalue weighted by atomic mass is 19.1. The summed E-state index contributed by atoms with van der Waals surface area (Å²) in [5.74, 6) is -1.41. The summed E-state index contributed by atoms with van der Waals surface area (Å²) in [4.78, 5) is 44.9. The van der Waals surface area contributed by atoms with Crippen LogP contribution in [0.4, 0.5) is 22.8 Å². The molecular formula is C41H56F3N7O5. The molecule has 2 aliphatic rings. The topological polar surface area (TPSA) is 139 Å². The first kappa shape index (κ1) is 42.5. The van der Waals surface area contributed by atoms with Crippen LogP contribution in [0, 0.1) is 23.5 Å². The zero-order chi connectivity index (χ0) is 39.9. The van der Waals surface area contributed by atoms with Crippen molar-refractivity contribution in [3.05, 3.63) is 77.8 Å². The van der Waals surface area contributed by atoms with Crippen LogP contribution in [-0.2, 0) is 20.8 Å². The van der Waals surface area contributed by atoms with E-state index in [-0.39, 0.29) is 42.8 Å². The van der Waals surface area contributed by atoms with E-state index in [0.29, 0.717) is 64.5 Å². The molecule has 12 nitrogen and oxygen atoms in total. The van der Waals surface area contributed by atoms with E-state index in [1.54, 1.807) is 18.0 Å². The number of alkyl carbamates (subject to hydrolysis) is 1.